The number of ether oxygens (including phenoxy) is 1. The van der Waals surface area contributed by atoms with Crippen LogP contribution < -0.4 is 14.2 Å². The van der Waals surface area contributed by atoms with Crippen molar-refractivity contribution >= 4 is 38.1 Å². The van der Waals surface area contributed by atoms with Gasteiger partial charge in [0.2, 0.25) is 0 Å². The van der Waals surface area contributed by atoms with Gasteiger partial charge in [-0.2, -0.15) is 0 Å². The molecule has 0 saturated heterocycles. The molecule has 3 aromatic rings. The number of anilines is 1. The van der Waals surface area contributed by atoms with Crippen LogP contribution >= 0.6 is 11.3 Å². The zero-order chi connectivity index (χ0) is 21.0. The molecule has 0 radical (unpaired) electrons. The predicted molar refractivity (Wildman–Crippen MR) is 122 cm³/mol. The highest BCUT2D eigenvalue weighted by Crippen LogP contribution is 2.33. The topological polar surface area (TPSA) is 41.1 Å². The average Bonchev–Trinajstić information content (AvgIpc) is 3.03. The van der Waals surface area contributed by atoms with Crippen molar-refractivity contribution < 1.29 is 9.30 Å². The third-order valence-electron chi connectivity index (χ3n) is 5.10. The van der Waals surface area contributed by atoms with Gasteiger partial charge in [-0.1, -0.05) is 13.8 Å². The molecule has 0 bridgehead atoms. The lowest BCUT2D eigenvalue weighted by molar-refractivity contribution is -0.627. The van der Waals surface area contributed by atoms with Crippen LogP contribution in [0.25, 0.3) is 10.2 Å². The summed E-state index contributed by atoms with van der Waals surface area (Å²) in [5, 5.41) is 10.0. The molecule has 29 heavy (non-hydrogen) atoms. The molecule has 3 rings (SSSR count). The molecule has 0 aliphatic carbocycles. The van der Waals surface area contributed by atoms with Gasteiger partial charge in [0.25, 0.3) is 0 Å². The SMILES string of the molecule is CCCN(CCC)c1cc(C)c(N=Nc2sc3cc(OC)ccc3[n+]2C)cc1C. The van der Waals surface area contributed by atoms with Crippen molar-refractivity contribution in [1.29, 1.82) is 0 Å². The van der Waals surface area contributed by atoms with E-state index in [9.17, 15) is 0 Å². The Kier molecular flexibility index (Phi) is 6.85. The van der Waals surface area contributed by atoms with E-state index >= 15 is 0 Å². The van der Waals surface area contributed by atoms with Crippen molar-refractivity contribution in [1.82, 2.24) is 0 Å². The van der Waals surface area contributed by atoms with Gasteiger partial charge in [-0.25, -0.2) is 4.57 Å². The third-order valence-corrected chi connectivity index (χ3v) is 6.19. The molecule has 5 nitrogen and oxygen atoms in total. The Morgan fingerprint density at radius 3 is 2.38 bits per heavy atom. The maximum absolute atomic E-state index is 5.33. The van der Waals surface area contributed by atoms with Crippen LogP contribution in [0, 0.1) is 13.8 Å². The Labute approximate surface area is 177 Å². The van der Waals surface area contributed by atoms with Gasteiger partial charge >= 0.3 is 5.13 Å². The summed E-state index contributed by atoms with van der Waals surface area (Å²) >= 11 is 1.62. The van der Waals surface area contributed by atoms with Crippen molar-refractivity contribution in [2.75, 3.05) is 25.1 Å². The third kappa shape index (κ3) is 4.58. The molecule has 2 aromatic carbocycles. The maximum atomic E-state index is 5.33. The lowest BCUT2D eigenvalue weighted by Gasteiger charge is -2.26. The van der Waals surface area contributed by atoms with E-state index in [0.717, 1.165) is 58.3 Å². The summed E-state index contributed by atoms with van der Waals surface area (Å²) in [6.45, 7) is 10.9. The first-order valence-corrected chi connectivity index (χ1v) is 11.0. The molecule has 0 fully saturated rings. The van der Waals surface area contributed by atoms with Crippen LogP contribution in [0.3, 0.4) is 0 Å². The standard InChI is InChI=1S/C23H31N4OS/c1-7-11-27(12-8-2)21-14-16(3)19(13-17(21)4)24-25-23-26(5)20-10-9-18(28-6)15-22(20)29-23/h9-10,13-15H,7-8,11-12H2,1-6H3/q+1. The molecule has 1 heterocycles. The van der Waals surface area contributed by atoms with E-state index < -0.39 is 0 Å². The normalized spacial score (nSPS) is 11.5. The summed E-state index contributed by atoms with van der Waals surface area (Å²) in [6, 6.07) is 10.5. The number of methoxy groups -OCH3 is 1. The molecule has 0 saturated carbocycles. The molecule has 0 amide bonds. The summed E-state index contributed by atoms with van der Waals surface area (Å²) in [5.74, 6) is 0.855. The van der Waals surface area contributed by atoms with Gasteiger partial charge in [-0.05, 0) is 78.5 Å². The first kappa shape index (κ1) is 21.2. The maximum Gasteiger partial charge on any atom is 0.409 e. The predicted octanol–water partition coefficient (Wildman–Crippen LogP) is 6.39. The van der Waals surface area contributed by atoms with Gasteiger partial charge < -0.3 is 9.64 Å². The lowest BCUT2D eigenvalue weighted by atomic mass is 10.1. The minimum atomic E-state index is 0.855. The Hall–Kier alpha value is -2.47. The number of hydrogen-bond donors (Lipinski definition) is 0. The molecule has 0 unspecified atom stereocenters. The molecular weight excluding hydrogens is 380 g/mol. The monoisotopic (exact) mass is 411 g/mol. The Morgan fingerprint density at radius 2 is 1.72 bits per heavy atom. The zero-order valence-electron chi connectivity index (χ0n) is 18.3. The number of fused-ring (bicyclic) bond motifs is 1. The fourth-order valence-corrected chi connectivity index (χ4v) is 4.56. The second kappa shape index (κ2) is 9.35. The van der Waals surface area contributed by atoms with E-state index in [1.807, 2.05) is 19.2 Å². The number of nitrogens with zero attached hydrogens (tertiary/aromatic N) is 4. The van der Waals surface area contributed by atoms with E-state index in [0.29, 0.717) is 0 Å². The highest BCUT2D eigenvalue weighted by Gasteiger charge is 2.17. The van der Waals surface area contributed by atoms with Gasteiger partial charge in [-0.3, -0.25) is 0 Å². The quantitative estimate of drug-likeness (QED) is 0.318. The first-order chi connectivity index (χ1) is 14.0. The summed E-state index contributed by atoms with van der Waals surface area (Å²) in [6.07, 6.45) is 2.29. The van der Waals surface area contributed by atoms with Crippen LogP contribution in [0.2, 0.25) is 0 Å². The molecule has 154 valence electrons. The largest absolute Gasteiger partial charge is 0.497 e. The number of rotatable bonds is 8. The first-order valence-electron chi connectivity index (χ1n) is 10.2. The van der Waals surface area contributed by atoms with Gasteiger partial charge in [0.1, 0.15) is 17.0 Å². The van der Waals surface area contributed by atoms with Crippen LogP contribution in [-0.4, -0.2) is 20.2 Å². The van der Waals surface area contributed by atoms with Crippen LogP contribution in [0.1, 0.15) is 37.8 Å². The average molecular weight is 412 g/mol. The number of aromatic nitrogens is 1. The molecule has 6 heteroatoms. The molecule has 0 aliphatic heterocycles. The molecule has 0 aliphatic rings. The van der Waals surface area contributed by atoms with Crippen molar-refractivity contribution in [3.05, 3.63) is 41.5 Å². The number of benzene rings is 2. The number of aryl methyl sites for hydroxylation is 3. The van der Waals surface area contributed by atoms with E-state index in [2.05, 4.69) is 65.6 Å². The zero-order valence-corrected chi connectivity index (χ0v) is 19.1. The van der Waals surface area contributed by atoms with Gasteiger partial charge in [0.05, 0.1) is 24.0 Å². The van der Waals surface area contributed by atoms with Crippen LogP contribution in [0.4, 0.5) is 16.5 Å². The fourth-order valence-electron chi connectivity index (χ4n) is 3.56. The van der Waals surface area contributed by atoms with Crippen LogP contribution in [0.15, 0.2) is 40.6 Å². The molecule has 0 atom stereocenters. The molecule has 1 aromatic heterocycles. The van der Waals surface area contributed by atoms with Gasteiger partial charge in [0.15, 0.2) is 0 Å². The summed E-state index contributed by atoms with van der Waals surface area (Å²) in [4.78, 5) is 2.47. The molecule has 0 spiro atoms. The molecular formula is C23H31N4OS+. The van der Waals surface area contributed by atoms with E-state index in [-0.39, 0.29) is 0 Å². The van der Waals surface area contributed by atoms with E-state index in [1.165, 1.54) is 11.3 Å². The minimum Gasteiger partial charge on any atom is -0.497 e. The van der Waals surface area contributed by atoms with E-state index in [4.69, 9.17) is 4.74 Å². The van der Waals surface area contributed by atoms with E-state index in [1.54, 1.807) is 18.4 Å². The highest BCUT2D eigenvalue weighted by molar-refractivity contribution is 7.21. The van der Waals surface area contributed by atoms with Gasteiger partial charge in [0, 0.05) is 24.8 Å². The van der Waals surface area contributed by atoms with Crippen molar-refractivity contribution in [2.24, 2.45) is 17.3 Å². The van der Waals surface area contributed by atoms with Crippen molar-refractivity contribution in [3.8, 4) is 5.75 Å². The lowest BCUT2D eigenvalue weighted by Crippen LogP contribution is -2.25. The fraction of sp³-hybridized carbons (Fsp3) is 0.435. The second-order valence-electron chi connectivity index (χ2n) is 7.39. The summed E-state index contributed by atoms with van der Waals surface area (Å²) in [5.41, 5.74) is 5.76. The summed E-state index contributed by atoms with van der Waals surface area (Å²) in [7, 11) is 3.71. The Morgan fingerprint density at radius 1 is 1.00 bits per heavy atom. The summed E-state index contributed by atoms with van der Waals surface area (Å²) < 4.78 is 8.55. The molecule has 0 N–H and O–H groups in total. The number of thiazole rings is 1. The van der Waals surface area contributed by atoms with Crippen LogP contribution in [-0.2, 0) is 7.05 Å². The Bertz CT molecular complexity index is 1020. The van der Waals surface area contributed by atoms with Crippen molar-refractivity contribution in [3.63, 3.8) is 0 Å². The number of azo groups is 1. The van der Waals surface area contributed by atoms with Crippen LogP contribution in [0.5, 0.6) is 5.75 Å². The smallest absolute Gasteiger partial charge is 0.409 e. The van der Waals surface area contributed by atoms with Crippen molar-refractivity contribution in [2.45, 2.75) is 40.5 Å². The second-order valence-corrected chi connectivity index (χ2v) is 8.40. The number of hydrogen-bond acceptors (Lipinski definition) is 5. The Balaban J connectivity index is 1.92. The minimum absolute atomic E-state index is 0.855. The highest BCUT2D eigenvalue weighted by atomic mass is 32.1. The van der Waals surface area contributed by atoms with Gasteiger partial charge in [-0.15, -0.1) is 0 Å².